The van der Waals surface area contributed by atoms with Gasteiger partial charge in [0.15, 0.2) is 11.5 Å². The van der Waals surface area contributed by atoms with Gasteiger partial charge in [0.1, 0.15) is 23.7 Å². The zero-order chi connectivity index (χ0) is 26.9. The van der Waals surface area contributed by atoms with E-state index in [0.717, 1.165) is 11.4 Å². The number of nitrogen functional groups attached to an aromatic ring is 1. The van der Waals surface area contributed by atoms with Crippen molar-refractivity contribution in [3.05, 3.63) is 12.7 Å². The van der Waals surface area contributed by atoms with Gasteiger partial charge in [-0.1, -0.05) is 18.3 Å². The molecular formula is C22H37N6O6PS. The summed E-state index contributed by atoms with van der Waals surface area (Å²) in [4.78, 5) is 36.9. The Morgan fingerprint density at radius 1 is 1.25 bits per heavy atom. The standard InChI is InChI=1S/C22H37N6O6PS/c1-7-9-32-21(30)22(5,6)27-35(31,36-10-8-17(29)34-15(2)3)14-33-16(4)11-28-13-26-18-19(23)24-12-25-20(18)28/h12-13,15-16H,7-11,14H2,1-6H3,(H,27,31)(H2,23,24,25)/t16-,35?/m1/s1. The molecule has 12 nitrogen and oxygen atoms in total. The van der Waals surface area contributed by atoms with Crippen LogP contribution >= 0.6 is 17.9 Å². The molecule has 36 heavy (non-hydrogen) atoms. The number of nitrogens with two attached hydrogens (primary N) is 1. The number of anilines is 1. The summed E-state index contributed by atoms with van der Waals surface area (Å²) in [6.07, 6.45) is 2.92. The third-order valence-electron chi connectivity index (χ3n) is 4.78. The molecule has 0 fully saturated rings. The van der Waals surface area contributed by atoms with Crippen LogP contribution in [-0.4, -0.2) is 67.9 Å². The van der Waals surface area contributed by atoms with Crippen LogP contribution in [0.25, 0.3) is 11.2 Å². The molecule has 0 saturated heterocycles. The van der Waals surface area contributed by atoms with E-state index in [2.05, 4.69) is 20.0 Å². The summed E-state index contributed by atoms with van der Waals surface area (Å²) in [5.74, 6) is -0.380. The highest BCUT2D eigenvalue weighted by Gasteiger charge is 2.38. The van der Waals surface area contributed by atoms with E-state index in [9.17, 15) is 14.2 Å². The minimum absolute atomic E-state index is 0.0763. The van der Waals surface area contributed by atoms with Gasteiger partial charge in [0.2, 0.25) is 6.49 Å². The summed E-state index contributed by atoms with van der Waals surface area (Å²) in [6, 6.07) is 0. The number of hydrogen-bond donors (Lipinski definition) is 2. The first kappa shape index (κ1) is 30.0. The van der Waals surface area contributed by atoms with Crippen molar-refractivity contribution in [2.75, 3.05) is 24.4 Å². The molecule has 0 amide bonds. The topological polar surface area (TPSA) is 161 Å². The Morgan fingerprint density at radius 3 is 2.64 bits per heavy atom. The Kier molecular flexibility index (Phi) is 11.1. The Hall–Kier alpha value is -2.21. The number of fused-ring (bicyclic) bond motifs is 1. The van der Waals surface area contributed by atoms with Crippen molar-refractivity contribution >= 4 is 46.8 Å². The van der Waals surface area contributed by atoms with Gasteiger partial charge in [-0.05, 0) is 41.0 Å². The summed E-state index contributed by atoms with van der Waals surface area (Å²) in [6.45, 7) is 7.75. The number of carbonyl (C=O) groups excluding carboxylic acids is 2. The molecule has 2 atom stereocenters. The quantitative estimate of drug-likeness (QED) is 0.249. The molecule has 0 spiro atoms. The molecule has 0 saturated carbocycles. The fourth-order valence-corrected chi connectivity index (χ4v) is 7.73. The van der Waals surface area contributed by atoms with Crippen LogP contribution in [0.15, 0.2) is 12.7 Å². The fourth-order valence-electron chi connectivity index (χ4n) is 3.13. The summed E-state index contributed by atoms with van der Waals surface area (Å²) < 4.78 is 32.0. The molecule has 202 valence electrons. The number of hydrogen-bond acceptors (Lipinski definition) is 11. The Labute approximate surface area is 215 Å². The third-order valence-corrected chi connectivity index (χ3v) is 9.36. The van der Waals surface area contributed by atoms with Crippen LogP contribution in [0.3, 0.4) is 0 Å². The maximum absolute atomic E-state index is 13.9. The second-order valence-electron chi connectivity index (χ2n) is 9.10. The SMILES string of the molecule is CCCOC(=O)C(C)(C)NP(=O)(CO[C@H](C)Cn1cnc2c(N)ncnc21)SCCC(=O)OC(C)C. The number of imidazole rings is 1. The molecule has 2 heterocycles. The molecule has 2 aromatic heterocycles. The lowest BCUT2D eigenvalue weighted by atomic mass is 10.1. The second kappa shape index (κ2) is 13.4. The molecule has 0 aromatic carbocycles. The molecule has 0 bridgehead atoms. The molecule has 0 radical (unpaired) electrons. The zero-order valence-electron chi connectivity index (χ0n) is 21.7. The molecule has 2 aromatic rings. The van der Waals surface area contributed by atoms with Crippen LogP contribution in [0.2, 0.25) is 0 Å². The van der Waals surface area contributed by atoms with Gasteiger partial charge in [0, 0.05) is 5.75 Å². The summed E-state index contributed by atoms with van der Waals surface area (Å²) >= 11 is 1.06. The van der Waals surface area contributed by atoms with Gasteiger partial charge in [-0.25, -0.2) is 20.0 Å². The molecular weight excluding hydrogens is 507 g/mol. The number of nitrogens with one attached hydrogen (secondary N) is 1. The molecule has 0 aliphatic carbocycles. The summed E-state index contributed by atoms with van der Waals surface area (Å²) in [7, 11) is 0. The van der Waals surface area contributed by atoms with Gasteiger partial charge in [-0.2, -0.15) is 0 Å². The first-order chi connectivity index (χ1) is 16.9. The van der Waals surface area contributed by atoms with Crippen LogP contribution in [0.4, 0.5) is 5.82 Å². The second-order valence-corrected chi connectivity index (χ2v) is 14.1. The predicted octanol–water partition coefficient (Wildman–Crippen LogP) is 3.36. The van der Waals surface area contributed by atoms with Crippen molar-refractivity contribution in [1.82, 2.24) is 24.6 Å². The van der Waals surface area contributed by atoms with Crippen LogP contribution in [0.5, 0.6) is 0 Å². The van der Waals surface area contributed by atoms with E-state index >= 15 is 0 Å². The van der Waals surface area contributed by atoms with Gasteiger partial charge in [-0.3, -0.25) is 14.2 Å². The third kappa shape index (κ3) is 9.02. The molecule has 0 aliphatic heterocycles. The number of nitrogens with zero attached hydrogens (tertiary/aromatic N) is 4. The monoisotopic (exact) mass is 544 g/mol. The largest absolute Gasteiger partial charge is 0.464 e. The number of ether oxygens (including phenoxy) is 3. The van der Waals surface area contributed by atoms with E-state index in [1.54, 1.807) is 38.6 Å². The normalized spacial score (nSPS) is 14.5. The van der Waals surface area contributed by atoms with Crippen LogP contribution in [0.1, 0.15) is 54.4 Å². The molecule has 3 N–H and O–H groups in total. The Morgan fingerprint density at radius 2 is 1.97 bits per heavy atom. The predicted molar refractivity (Wildman–Crippen MR) is 140 cm³/mol. The van der Waals surface area contributed by atoms with Crippen molar-refractivity contribution in [3.63, 3.8) is 0 Å². The van der Waals surface area contributed by atoms with Gasteiger partial charge in [-0.15, -0.1) is 0 Å². The zero-order valence-corrected chi connectivity index (χ0v) is 23.4. The number of esters is 2. The highest BCUT2D eigenvalue weighted by molar-refractivity contribution is 8.57. The fraction of sp³-hybridized carbons (Fsp3) is 0.682. The average Bonchev–Trinajstić information content (AvgIpc) is 3.19. The van der Waals surface area contributed by atoms with E-state index in [0.29, 0.717) is 24.1 Å². The minimum Gasteiger partial charge on any atom is -0.464 e. The minimum atomic E-state index is -3.35. The highest BCUT2D eigenvalue weighted by atomic mass is 32.7. The van der Waals surface area contributed by atoms with Crippen LogP contribution in [0, 0.1) is 0 Å². The van der Waals surface area contributed by atoms with Gasteiger partial charge in [0.25, 0.3) is 0 Å². The first-order valence-electron chi connectivity index (χ1n) is 11.8. The van der Waals surface area contributed by atoms with Gasteiger partial charge < -0.3 is 24.5 Å². The van der Waals surface area contributed by atoms with E-state index in [1.165, 1.54) is 6.33 Å². The molecule has 1 unspecified atom stereocenters. The number of aromatic nitrogens is 4. The highest BCUT2D eigenvalue weighted by Crippen LogP contribution is 2.56. The smallest absolute Gasteiger partial charge is 0.326 e. The number of rotatable bonds is 15. The van der Waals surface area contributed by atoms with Crippen molar-refractivity contribution in [3.8, 4) is 0 Å². The van der Waals surface area contributed by atoms with Crippen LogP contribution < -0.4 is 10.8 Å². The first-order valence-corrected chi connectivity index (χ1v) is 15.3. The van der Waals surface area contributed by atoms with E-state index < -0.39 is 18.0 Å². The van der Waals surface area contributed by atoms with Crippen molar-refractivity contribution in [2.24, 2.45) is 0 Å². The Bertz CT molecular complexity index is 1080. The molecule has 2 rings (SSSR count). The Balaban J connectivity index is 2.08. The summed E-state index contributed by atoms with van der Waals surface area (Å²) in [5.41, 5.74) is 5.68. The summed E-state index contributed by atoms with van der Waals surface area (Å²) in [5, 5.41) is 2.95. The molecule has 0 aliphatic rings. The van der Waals surface area contributed by atoms with E-state index in [1.807, 2.05) is 13.8 Å². The van der Waals surface area contributed by atoms with Crippen LogP contribution in [-0.2, 0) is 34.9 Å². The lowest BCUT2D eigenvalue weighted by Gasteiger charge is -2.30. The van der Waals surface area contributed by atoms with E-state index in [-0.39, 0.29) is 49.1 Å². The average molecular weight is 545 g/mol. The maximum Gasteiger partial charge on any atom is 0.326 e. The lowest BCUT2D eigenvalue weighted by molar-refractivity contribution is -0.149. The van der Waals surface area contributed by atoms with Crippen molar-refractivity contribution in [1.29, 1.82) is 0 Å². The van der Waals surface area contributed by atoms with Gasteiger partial charge >= 0.3 is 11.9 Å². The molecule has 14 heteroatoms. The lowest BCUT2D eigenvalue weighted by Crippen LogP contribution is -2.46. The van der Waals surface area contributed by atoms with Gasteiger partial charge in [0.05, 0.1) is 38.1 Å². The van der Waals surface area contributed by atoms with Crippen molar-refractivity contribution < 1.29 is 28.4 Å². The van der Waals surface area contributed by atoms with Crippen molar-refractivity contribution in [2.45, 2.75) is 78.7 Å². The van der Waals surface area contributed by atoms with E-state index in [4.69, 9.17) is 19.9 Å². The maximum atomic E-state index is 13.9. The number of carbonyl (C=O) groups is 2.